The number of pyridine rings is 1. The molecule has 1 aliphatic rings. The first-order valence-electron chi connectivity index (χ1n) is 12.7. The van der Waals surface area contributed by atoms with Crippen LogP contribution in [0.15, 0.2) is 71.3 Å². The first-order valence-corrected chi connectivity index (χ1v) is 12.7. The molecule has 176 valence electrons. The van der Waals surface area contributed by atoms with Crippen LogP contribution in [0.5, 0.6) is 0 Å². The van der Waals surface area contributed by atoms with Crippen molar-refractivity contribution in [3.63, 3.8) is 0 Å². The van der Waals surface area contributed by atoms with E-state index in [1.54, 1.807) is 6.07 Å². The van der Waals surface area contributed by atoms with Crippen molar-refractivity contribution in [1.82, 2.24) is 0 Å². The van der Waals surface area contributed by atoms with Crippen molar-refractivity contribution in [3.05, 3.63) is 89.4 Å². The van der Waals surface area contributed by atoms with Crippen LogP contribution in [0, 0.1) is 19.7 Å². The standard InChI is InChI=1S/C32H31FNO/c1-20-12-14-25-26-16-17-27(33)30(23-13-15-24(21(2)19-23)22-9-5-4-6-10-22)32(26)35-31(25)29(20)28-11-7-8-18-34(28)3/h7-8,11-19,22H,4-6,9-10H2,1-3H3/q+1. The molecule has 0 spiro atoms. The summed E-state index contributed by atoms with van der Waals surface area (Å²) in [6, 6.07) is 20.3. The van der Waals surface area contributed by atoms with E-state index in [9.17, 15) is 0 Å². The second-order valence-electron chi connectivity index (χ2n) is 10.1. The Labute approximate surface area is 206 Å². The first-order chi connectivity index (χ1) is 17.0. The molecule has 35 heavy (non-hydrogen) atoms. The van der Waals surface area contributed by atoms with Gasteiger partial charge in [0.2, 0.25) is 5.69 Å². The molecule has 1 aliphatic carbocycles. The highest BCUT2D eigenvalue weighted by Crippen LogP contribution is 2.42. The quantitative estimate of drug-likeness (QED) is 0.244. The van der Waals surface area contributed by atoms with Crippen molar-refractivity contribution >= 4 is 21.9 Å². The number of furan rings is 1. The van der Waals surface area contributed by atoms with E-state index in [1.165, 1.54) is 43.2 Å². The van der Waals surface area contributed by atoms with E-state index in [0.717, 1.165) is 38.7 Å². The van der Waals surface area contributed by atoms with Crippen molar-refractivity contribution in [2.75, 3.05) is 0 Å². The lowest BCUT2D eigenvalue weighted by atomic mass is 9.81. The molecule has 0 amide bonds. The molecule has 1 fully saturated rings. The van der Waals surface area contributed by atoms with E-state index >= 15 is 4.39 Å². The topological polar surface area (TPSA) is 17.0 Å². The fraction of sp³-hybridized carbons (Fsp3) is 0.281. The summed E-state index contributed by atoms with van der Waals surface area (Å²) in [5.41, 5.74) is 8.79. The Kier molecular flexibility index (Phi) is 5.44. The zero-order chi connectivity index (χ0) is 24.1. The number of fused-ring (bicyclic) bond motifs is 3. The van der Waals surface area contributed by atoms with E-state index in [1.807, 2.05) is 31.4 Å². The molecule has 0 aliphatic heterocycles. The minimum atomic E-state index is -0.245. The predicted molar refractivity (Wildman–Crippen MR) is 141 cm³/mol. The Morgan fingerprint density at radius 2 is 1.54 bits per heavy atom. The third-order valence-electron chi connectivity index (χ3n) is 7.88. The van der Waals surface area contributed by atoms with Crippen LogP contribution in [0.4, 0.5) is 4.39 Å². The second-order valence-corrected chi connectivity index (χ2v) is 10.1. The van der Waals surface area contributed by atoms with E-state index in [2.05, 4.69) is 54.8 Å². The van der Waals surface area contributed by atoms with Gasteiger partial charge in [-0.15, -0.1) is 0 Å². The van der Waals surface area contributed by atoms with Gasteiger partial charge in [-0.1, -0.05) is 49.6 Å². The lowest BCUT2D eigenvalue weighted by molar-refractivity contribution is -0.660. The van der Waals surface area contributed by atoms with Crippen molar-refractivity contribution in [3.8, 4) is 22.4 Å². The average Bonchev–Trinajstić information content (AvgIpc) is 3.23. The molecule has 0 bridgehead atoms. The van der Waals surface area contributed by atoms with Crippen LogP contribution in [0.2, 0.25) is 0 Å². The van der Waals surface area contributed by atoms with Crippen LogP contribution in [0.25, 0.3) is 44.3 Å². The molecule has 0 saturated heterocycles. The normalized spacial score (nSPS) is 14.7. The lowest BCUT2D eigenvalue weighted by Crippen LogP contribution is -2.30. The molecule has 0 unspecified atom stereocenters. The number of benzene rings is 3. The summed E-state index contributed by atoms with van der Waals surface area (Å²) in [5.74, 6) is 0.381. The Balaban J connectivity index is 1.56. The van der Waals surface area contributed by atoms with Crippen molar-refractivity contribution in [1.29, 1.82) is 0 Å². The fourth-order valence-corrected chi connectivity index (χ4v) is 6.05. The molecule has 0 radical (unpaired) electrons. The maximum absolute atomic E-state index is 15.4. The van der Waals surface area contributed by atoms with Gasteiger partial charge >= 0.3 is 0 Å². The van der Waals surface area contributed by atoms with Gasteiger partial charge in [0.15, 0.2) is 6.20 Å². The van der Waals surface area contributed by atoms with Crippen molar-refractivity contribution in [2.45, 2.75) is 51.9 Å². The maximum atomic E-state index is 15.4. The maximum Gasteiger partial charge on any atom is 0.216 e. The van der Waals surface area contributed by atoms with Crippen LogP contribution >= 0.6 is 0 Å². The summed E-state index contributed by atoms with van der Waals surface area (Å²) >= 11 is 0. The number of aromatic nitrogens is 1. The molecule has 5 aromatic rings. The summed E-state index contributed by atoms with van der Waals surface area (Å²) in [5, 5.41) is 1.96. The Morgan fingerprint density at radius 3 is 2.29 bits per heavy atom. The second kappa shape index (κ2) is 8.64. The van der Waals surface area contributed by atoms with E-state index in [0.29, 0.717) is 17.1 Å². The lowest BCUT2D eigenvalue weighted by Gasteiger charge is -2.24. The summed E-state index contributed by atoms with van der Waals surface area (Å²) < 4.78 is 24.1. The summed E-state index contributed by atoms with van der Waals surface area (Å²) in [6.45, 7) is 4.27. The highest BCUT2D eigenvalue weighted by molar-refractivity contribution is 6.13. The summed E-state index contributed by atoms with van der Waals surface area (Å²) in [4.78, 5) is 0. The smallest absolute Gasteiger partial charge is 0.216 e. The molecule has 3 aromatic carbocycles. The zero-order valence-electron chi connectivity index (χ0n) is 20.7. The number of rotatable bonds is 3. The van der Waals surface area contributed by atoms with E-state index in [4.69, 9.17) is 4.42 Å². The van der Waals surface area contributed by atoms with Crippen molar-refractivity contribution < 1.29 is 13.4 Å². The SMILES string of the molecule is Cc1cc(-c2c(F)ccc3c2oc2c(-c4cccc[n+]4C)c(C)ccc23)ccc1C1CCCCC1. The Bertz CT molecular complexity index is 1570. The van der Waals surface area contributed by atoms with Gasteiger partial charge in [0.25, 0.3) is 0 Å². The minimum absolute atomic E-state index is 0.245. The molecule has 3 heteroatoms. The molecular weight excluding hydrogens is 433 g/mol. The number of aryl methyl sites for hydroxylation is 3. The molecular formula is C32H31FNO+. The molecule has 6 rings (SSSR count). The van der Waals surface area contributed by atoms with Crippen LogP contribution < -0.4 is 4.57 Å². The van der Waals surface area contributed by atoms with Gasteiger partial charge in [-0.25, -0.2) is 8.96 Å². The monoisotopic (exact) mass is 464 g/mol. The van der Waals surface area contributed by atoms with E-state index < -0.39 is 0 Å². The predicted octanol–water partition coefficient (Wildman–Crippen LogP) is 8.55. The number of hydrogen-bond acceptors (Lipinski definition) is 1. The minimum Gasteiger partial charge on any atom is -0.454 e. The molecule has 2 aromatic heterocycles. The van der Waals surface area contributed by atoms with Gasteiger partial charge in [0, 0.05) is 22.9 Å². The molecule has 0 atom stereocenters. The van der Waals surface area contributed by atoms with Gasteiger partial charge in [-0.05, 0) is 73.1 Å². The van der Waals surface area contributed by atoms with Gasteiger partial charge < -0.3 is 4.42 Å². The van der Waals surface area contributed by atoms with Gasteiger partial charge in [-0.3, -0.25) is 0 Å². The Morgan fingerprint density at radius 1 is 0.800 bits per heavy atom. The molecule has 2 nitrogen and oxygen atoms in total. The molecule has 1 saturated carbocycles. The highest BCUT2D eigenvalue weighted by Gasteiger charge is 2.24. The van der Waals surface area contributed by atoms with Crippen molar-refractivity contribution in [2.24, 2.45) is 7.05 Å². The summed E-state index contributed by atoms with van der Waals surface area (Å²) in [6.07, 6.45) is 8.51. The van der Waals surface area contributed by atoms with Crippen LogP contribution in [0.1, 0.15) is 54.7 Å². The van der Waals surface area contributed by atoms with Crippen LogP contribution in [0.3, 0.4) is 0 Å². The molecule has 0 N–H and O–H groups in total. The fourth-order valence-electron chi connectivity index (χ4n) is 6.05. The zero-order valence-corrected chi connectivity index (χ0v) is 20.7. The average molecular weight is 465 g/mol. The first kappa shape index (κ1) is 22.0. The number of halogens is 1. The highest BCUT2D eigenvalue weighted by atomic mass is 19.1. The van der Waals surface area contributed by atoms with E-state index in [-0.39, 0.29) is 5.82 Å². The third kappa shape index (κ3) is 3.65. The van der Waals surface area contributed by atoms with Gasteiger partial charge in [0.1, 0.15) is 24.0 Å². The van der Waals surface area contributed by atoms with Gasteiger partial charge in [0.05, 0.1) is 11.1 Å². The Hall–Kier alpha value is -3.46. The van der Waals surface area contributed by atoms with Crippen LogP contribution in [-0.2, 0) is 7.05 Å². The number of nitrogens with zero attached hydrogens (tertiary/aromatic N) is 1. The third-order valence-corrected chi connectivity index (χ3v) is 7.88. The number of hydrogen-bond donors (Lipinski definition) is 0. The summed E-state index contributed by atoms with van der Waals surface area (Å²) in [7, 11) is 2.04. The van der Waals surface area contributed by atoms with Gasteiger partial charge in [-0.2, -0.15) is 0 Å². The van der Waals surface area contributed by atoms with Crippen LogP contribution in [-0.4, -0.2) is 0 Å². The largest absolute Gasteiger partial charge is 0.454 e. The molecule has 2 heterocycles.